The van der Waals surface area contributed by atoms with Crippen LogP contribution in [0.1, 0.15) is 36.7 Å². The fraction of sp³-hybridized carbons (Fsp3) is 0.348. The zero-order valence-electron chi connectivity index (χ0n) is 18.3. The van der Waals surface area contributed by atoms with Gasteiger partial charge in [0.05, 0.1) is 31.7 Å². The molecular formula is C23H28N4O4. The van der Waals surface area contributed by atoms with E-state index in [0.29, 0.717) is 49.2 Å². The van der Waals surface area contributed by atoms with Gasteiger partial charge in [-0.2, -0.15) is 5.10 Å². The van der Waals surface area contributed by atoms with E-state index in [1.54, 1.807) is 29.2 Å². The molecule has 31 heavy (non-hydrogen) atoms. The van der Waals surface area contributed by atoms with Crippen molar-refractivity contribution in [3.8, 4) is 28.5 Å². The third-order valence-corrected chi connectivity index (χ3v) is 4.48. The minimum atomic E-state index is -0.244. The van der Waals surface area contributed by atoms with Gasteiger partial charge in [-0.15, -0.1) is 0 Å². The van der Waals surface area contributed by atoms with Crippen molar-refractivity contribution in [2.75, 3.05) is 19.8 Å². The maximum absolute atomic E-state index is 13.0. The van der Waals surface area contributed by atoms with Crippen LogP contribution >= 0.6 is 0 Å². The summed E-state index contributed by atoms with van der Waals surface area (Å²) in [4.78, 5) is 17.4. The van der Waals surface area contributed by atoms with Gasteiger partial charge in [-0.25, -0.2) is 0 Å². The smallest absolute Gasteiger partial charge is 0.251 e. The Balaban J connectivity index is 1.84. The van der Waals surface area contributed by atoms with Crippen LogP contribution in [0.15, 0.2) is 42.9 Å². The van der Waals surface area contributed by atoms with Crippen LogP contribution in [-0.4, -0.2) is 40.5 Å². The highest BCUT2D eigenvalue weighted by Gasteiger charge is 2.19. The number of rotatable bonds is 10. The number of aryl methyl sites for hydroxylation is 1. The Hall–Kier alpha value is -3.55. The summed E-state index contributed by atoms with van der Waals surface area (Å²) in [5.41, 5.74) is 3.00. The monoisotopic (exact) mass is 424 g/mol. The van der Waals surface area contributed by atoms with Crippen molar-refractivity contribution in [1.82, 2.24) is 20.1 Å². The first-order chi connectivity index (χ1) is 15.1. The molecule has 0 spiro atoms. The highest BCUT2D eigenvalue weighted by Crippen LogP contribution is 2.39. The Kier molecular flexibility index (Phi) is 7.48. The third-order valence-electron chi connectivity index (χ3n) is 4.48. The number of nitrogens with zero attached hydrogens (tertiary/aromatic N) is 3. The molecule has 3 rings (SSSR count). The lowest BCUT2D eigenvalue weighted by Gasteiger charge is -2.17. The molecule has 3 aromatic rings. The van der Waals surface area contributed by atoms with E-state index in [0.717, 1.165) is 16.8 Å². The summed E-state index contributed by atoms with van der Waals surface area (Å²) in [5.74, 6) is 1.23. The Morgan fingerprint density at radius 1 is 1.06 bits per heavy atom. The van der Waals surface area contributed by atoms with E-state index in [4.69, 9.17) is 14.2 Å². The largest absolute Gasteiger partial charge is 0.490 e. The average molecular weight is 425 g/mol. The Labute approximate surface area is 182 Å². The normalized spacial score (nSPS) is 10.6. The van der Waals surface area contributed by atoms with Gasteiger partial charge < -0.3 is 19.5 Å². The number of pyridine rings is 1. The summed E-state index contributed by atoms with van der Waals surface area (Å²) in [7, 11) is 1.85. The topological polar surface area (TPSA) is 87.5 Å². The SMILES string of the molecule is CCOc1cc(C(=O)NCc2cccnc2-c2cnn(C)c2)cc(OCC)c1OCC. The first-order valence-electron chi connectivity index (χ1n) is 10.3. The lowest BCUT2D eigenvalue weighted by Crippen LogP contribution is -2.23. The van der Waals surface area contributed by atoms with E-state index in [-0.39, 0.29) is 5.91 Å². The summed E-state index contributed by atoms with van der Waals surface area (Å²) >= 11 is 0. The summed E-state index contributed by atoms with van der Waals surface area (Å²) in [5, 5.41) is 7.17. The van der Waals surface area contributed by atoms with E-state index in [9.17, 15) is 4.79 Å². The molecule has 0 saturated heterocycles. The predicted molar refractivity (Wildman–Crippen MR) is 118 cm³/mol. The van der Waals surface area contributed by atoms with Gasteiger partial charge in [0.15, 0.2) is 11.5 Å². The molecule has 0 atom stereocenters. The number of ether oxygens (including phenoxy) is 3. The first kappa shape index (κ1) is 22.1. The quantitative estimate of drug-likeness (QED) is 0.535. The van der Waals surface area contributed by atoms with Crippen molar-refractivity contribution >= 4 is 5.91 Å². The average Bonchev–Trinajstić information content (AvgIpc) is 3.20. The molecule has 1 amide bonds. The van der Waals surface area contributed by atoms with E-state index >= 15 is 0 Å². The Morgan fingerprint density at radius 2 is 1.74 bits per heavy atom. The second-order valence-corrected chi connectivity index (χ2v) is 6.70. The van der Waals surface area contributed by atoms with Crippen LogP contribution in [0.25, 0.3) is 11.3 Å². The number of hydrogen-bond acceptors (Lipinski definition) is 6. The second-order valence-electron chi connectivity index (χ2n) is 6.70. The van der Waals surface area contributed by atoms with E-state index in [2.05, 4.69) is 15.4 Å². The van der Waals surface area contributed by atoms with Crippen molar-refractivity contribution < 1.29 is 19.0 Å². The minimum absolute atomic E-state index is 0.244. The number of hydrogen-bond donors (Lipinski definition) is 1. The molecule has 2 heterocycles. The van der Waals surface area contributed by atoms with Crippen molar-refractivity contribution in [3.63, 3.8) is 0 Å². The highest BCUT2D eigenvalue weighted by molar-refractivity contribution is 5.95. The predicted octanol–water partition coefficient (Wildman–Crippen LogP) is 3.61. The molecule has 1 aromatic carbocycles. The van der Waals surface area contributed by atoms with Gasteiger partial charge >= 0.3 is 0 Å². The second kappa shape index (κ2) is 10.5. The maximum Gasteiger partial charge on any atom is 0.251 e. The highest BCUT2D eigenvalue weighted by atomic mass is 16.5. The molecule has 8 nitrogen and oxygen atoms in total. The lowest BCUT2D eigenvalue weighted by atomic mass is 10.1. The Morgan fingerprint density at radius 3 is 2.32 bits per heavy atom. The fourth-order valence-electron chi connectivity index (χ4n) is 3.18. The minimum Gasteiger partial charge on any atom is -0.490 e. The molecule has 0 saturated carbocycles. The van der Waals surface area contributed by atoms with Gasteiger partial charge in [0.2, 0.25) is 5.75 Å². The van der Waals surface area contributed by atoms with Crippen LogP contribution in [0.3, 0.4) is 0 Å². The standard InChI is InChI=1S/C23H28N4O4/c1-5-29-19-11-17(12-20(30-6-2)22(19)31-7-3)23(28)25-13-16-9-8-10-24-21(16)18-14-26-27(4)15-18/h8-12,14-15H,5-7,13H2,1-4H3,(H,25,28). The van der Waals surface area contributed by atoms with Gasteiger partial charge in [-0.1, -0.05) is 6.07 Å². The molecule has 164 valence electrons. The van der Waals surface area contributed by atoms with Crippen LogP contribution in [-0.2, 0) is 13.6 Å². The molecule has 0 unspecified atom stereocenters. The molecule has 0 fully saturated rings. The number of carbonyl (C=O) groups is 1. The zero-order chi connectivity index (χ0) is 22.2. The van der Waals surface area contributed by atoms with E-state index in [1.807, 2.05) is 46.1 Å². The molecule has 0 aliphatic carbocycles. The van der Waals surface area contributed by atoms with Crippen molar-refractivity contribution in [2.24, 2.45) is 7.05 Å². The lowest BCUT2D eigenvalue weighted by molar-refractivity contribution is 0.0950. The number of benzene rings is 1. The molecule has 1 N–H and O–H groups in total. The molecule has 0 aliphatic rings. The fourth-order valence-corrected chi connectivity index (χ4v) is 3.18. The van der Waals surface area contributed by atoms with Crippen LogP contribution in [0.2, 0.25) is 0 Å². The van der Waals surface area contributed by atoms with Gasteiger partial charge in [-0.05, 0) is 44.5 Å². The van der Waals surface area contributed by atoms with Gasteiger partial charge in [0, 0.05) is 37.1 Å². The van der Waals surface area contributed by atoms with Gasteiger partial charge in [-0.3, -0.25) is 14.5 Å². The number of carbonyl (C=O) groups excluding carboxylic acids is 1. The summed E-state index contributed by atoms with van der Waals surface area (Å²) < 4.78 is 18.8. The van der Waals surface area contributed by atoms with Crippen LogP contribution < -0.4 is 19.5 Å². The molecular weight excluding hydrogens is 396 g/mol. The molecule has 8 heteroatoms. The molecule has 2 aromatic heterocycles. The van der Waals surface area contributed by atoms with Crippen LogP contribution in [0.5, 0.6) is 17.2 Å². The van der Waals surface area contributed by atoms with Crippen molar-refractivity contribution in [2.45, 2.75) is 27.3 Å². The molecule has 0 radical (unpaired) electrons. The third kappa shape index (κ3) is 5.33. The van der Waals surface area contributed by atoms with Gasteiger partial charge in [0.1, 0.15) is 0 Å². The Bertz CT molecular complexity index is 1000. The molecule has 0 bridgehead atoms. The maximum atomic E-state index is 13.0. The summed E-state index contributed by atoms with van der Waals surface area (Å²) in [6.07, 6.45) is 5.37. The summed E-state index contributed by atoms with van der Waals surface area (Å²) in [6.45, 7) is 7.32. The van der Waals surface area contributed by atoms with Crippen LogP contribution in [0.4, 0.5) is 0 Å². The van der Waals surface area contributed by atoms with Crippen LogP contribution in [0, 0.1) is 0 Å². The van der Waals surface area contributed by atoms with Gasteiger partial charge in [0.25, 0.3) is 5.91 Å². The first-order valence-corrected chi connectivity index (χ1v) is 10.3. The van der Waals surface area contributed by atoms with Crippen molar-refractivity contribution in [3.05, 3.63) is 54.0 Å². The zero-order valence-corrected chi connectivity index (χ0v) is 18.3. The van der Waals surface area contributed by atoms with E-state index < -0.39 is 0 Å². The number of nitrogens with one attached hydrogen (secondary N) is 1. The van der Waals surface area contributed by atoms with E-state index in [1.165, 1.54) is 0 Å². The van der Waals surface area contributed by atoms with Crippen molar-refractivity contribution in [1.29, 1.82) is 0 Å². The number of aromatic nitrogens is 3. The number of amides is 1. The molecule has 0 aliphatic heterocycles. The summed E-state index contributed by atoms with van der Waals surface area (Å²) in [6, 6.07) is 7.14.